The van der Waals surface area contributed by atoms with Crippen molar-refractivity contribution >= 4 is 44.7 Å². The van der Waals surface area contributed by atoms with Crippen molar-refractivity contribution in [3.63, 3.8) is 0 Å². The molecule has 0 amide bonds. The lowest BCUT2D eigenvalue weighted by atomic mass is 9.95. The summed E-state index contributed by atoms with van der Waals surface area (Å²) in [5, 5.41) is 27.6. The molecule has 0 spiro atoms. The molecule has 10 heteroatoms. The number of nitrogens with one attached hydrogen (secondary N) is 1. The first-order chi connectivity index (χ1) is 14.5. The van der Waals surface area contributed by atoms with Gasteiger partial charge in [0.05, 0.1) is 35.4 Å². The van der Waals surface area contributed by atoms with E-state index in [2.05, 4.69) is 20.4 Å². The highest BCUT2D eigenvalue weighted by molar-refractivity contribution is 7.22. The van der Waals surface area contributed by atoms with E-state index in [0.717, 1.165) is 44.8 Å². The molecule has 4 aromatic rings. The van der Waals surface area contributed by atoms with E-state index in [1.54, 1.807) is 22.1 Å². The van der Waals surface area contributed by atoms with Crippen LogP contribution in [0.25, 0.3) is 20.7 Å². The largest absolute Gasteiger partial charge is 0.394 e. The Bertz CT molecular complexity index is 1260. The van der Waals surface area contributed by atoms with Gasteiger partial charge in [0.25, 0.3) is 0 Å². The van der Waals surface area contributed by atoms with E-state index in [-0.39, 0.29) is 18.2 Å². The van der Waals surface area contributed by atoms with E-state index < -0.39 is 11.9 Å². The molecule has 5 rings (SSSR count). The molecule has 3 aromatic heterocycles. The van der Waals surface area contributed by atoms with Gasteiger partial charge in [-0.05, 0) is 36.6 Å². The van der Waals surface area contributed by atoms with Crippen molar-refractivity contribution < 1.29 is 14.6 Å². The summed E-state index contributed by atoms with van der Waals surface area (Å²) < 4.78 is 15.2. The highest BCUT2D eigenvalue weighted by atomic mass is 35.5. The molecule has 1 aliphatic carbocycles. The van der Waals surface area contributed by atoms with Gasteiger partial charge in [-0.3, -0.25) is 4.68 Å². The van der Waals surface area contributed by atoms with E-state index in [0.29, 0.717) is 11.5 Å². The molecule has 1 atom stereocenters. The summed E-state index contributed by atoms with van der Waals surface area (Å²) in [6, 6.07) is 4.45. The third-order valence-corrected chi connectivity index (χ3v) is 6.54. The molecular formula is C20H17ClFN5O2S. The number of thiophene rings is 1. The highest BCUT2D eigenvalue weighted by Crippen LogP contribution is 2.45. The molecule has 0 unspecified atom stereocenters. The second kappa shape index (κ2) is 7.59. The molecule has 154 valence electrons. The predicted octanol–water partition coefficient (Wildman–Crippen LogP) is 3.54. The van der Waals surface area contributed by atoms with Crippen LogP contribution < -0.4 is 5.32 Å². The zero-order valence-electron chi connectivity index (χ0n) is 15.6. The first-order valence-corrected chi connectivity index (χ1v) is 10.6. The number of rotatable bonds is 5. The molecule has 1 aliphatic rings. The maximum absolute atomic E-state index is 13.5. The minimum atomic E-state index is -0.850. The Kier molecular flexibility index (Phi) is 4.90. The molecule has 0 radical (unpaired) electrons. The van der Waals surface area contributed by atoms with Gasteiger partial charge in [-0.25, -0.2) is 14.4 Å². The van der Waals surface area contributed by atoms with E-state index >= 15 is 0 Å². The number of anilines is 2. The number of hydrogen-bond acceptors (Lipinski definition) is 7. The Morgan fingerprint density at radius 2 is 2.17 bits per heavy atom. The number of fused-ring (bicyclic) bond motifs is 5. The van der Waals surface area contributed by atoms with Crippen molar-refractivity contribution in [2.24, 2.45) is 0 Å². The van der Waals surface area contributed by atoms with E-state index in [9.17, 15) is 9.50 Å². The van der Waals surface area contributed by atoms with Crippen molar-refractivity contribution in [3.05, 3.63) is 52.8 Å². The second-order valence-electron chi connectivity index (χ2n) is 7.11. The fraction of sp³-hybridized carbons (Fsp3) is 0.250. The normalized spacial score (nSPS) is 13.9. The molecule has 7 nitrogen and oxygen atoms in total. The Morgan fingerprint density at radius 3 is 2.97 bits per heavy atom. The monoisotopic (exact) mass is 445 g/mol. The van der Waals surface area contributed by atoms with Gasteiger partial charge in [-0.1, -0.05) is 11.6 Å². The lowest BCUT2D eigenvalue weighted by molar-refractivity contribution is 0.0782. The molecule has 0 saturated carbocycles. The van der Waals surface area contributed by atoms with Gasteiger partial charge in [-0.15, -0.1) is 11.3 Å². The standard InChI is InChI=1S/C20H17ClFN5O2S/c21-14-5-10(1-3-15(14)22)25-19-17-12-2-4-16-13(7-27(26-16)6-11(29)8-28)18(12)30-20(17)24-9-23-19/h1,3,5,7,9,11,28-29H,2,4,6,8H2,(H,23,24,25)/t11-/m0/s1. The van der Waals surface area contributed by atoms with Gasteiger partial charge in [0, 0.05) is 22.3 Å². The van der Waals surface area contributed by atoms with Crippen molar-refractivity contribution in [1.29, 1.82) is 0 Å². The van der Waals surface area contributed by atoms with Gasteiger partial charge in [0.15, 0.2) is 0 Å². The van der Waals surface area contributed by atoms with Gasteiger partial charge in [-0.2, -0.15) is 5.10 Å². The Labute approximate surface area is 179 Å². The summed E-state index contributed by atoms with van der Waals surface area (Å²) in [6.07, 6.45) is 4.10. The Morgan fingerprint density at radius 1 is 1.30 bits per heavy atom. The fourth-order valence-electron chi connectivity index (χ4n) is 3.70. The van der Waals surface area contributed by atoms with Crippen LogP contribution in [-0.2, 0) is 19.4 Å². The molecule has 0 bridgehead atoms. The van der Waals surface area contributed by atoms with Crippen molar-refractivity contribution in [2.75, 3.05) is 11.9 Å². The smallest absolute Gasteiger partial charge is 0.142 e. The van der Waals surface area contributed by atoms with Gasteiger partial charge in [0.2, 0.25) is 0 Å². The molecule has 3 N–H and O–H groups in total. The van der Waals surface area contributed by atoms with Crippen LogP contribution in [0.5, 0.6) is 0 Å². The summed E-state index contributed by atoms with van der Waals surface area (Å²) in [7, 11) is 0. The first kappa shape index (κ1) is 19.4. The molecule has 0 saturated heterocycles. The molecule has 1 aromatic carbocycles. The van der Waals surface area contributed by atoms with Crippen LogP contribution in [0.15, 0.2) is 30.7 Å². The van der Waals surface area contributed by atoms with Crippen LogP contribution in [0, 0.1) is 5.82 Å². The summed E-state index contributed by atoms with van der Waals surface area (Å²) in [4.78, 5) is 10.8. The van der Waals surface area contributed by atoms with Crippen LogP contribution in [0.3, 0.4) is 0 Å². The molecule has 0 fully saturated rings. The van der Waals surface area contributed by atoms with E-state index in [4.69, 9.17) is 16.7 Å². The quantitative estimate of drug-likeness (QED) is 0.435. The van der Waals surface area contributed by atoms with Crippen LogP contribution in [-0.4, -0.2) is 42.7 Å². The number of aromatic nitrogens is 4. The minimum Gasteiger partial charge on any atom is -0.394 e. The van der Waals surface area contributed by atoms with Crippen LogP contribution in [0.1, 0.15) is 11.3 Å². The fourth-order valence-corrected chi connectivity index (χ4v) is 5.10. The average molecular weight is 446 g/mol. The van der Waals surface area contributed by atoms with Gasteiger partial charge < -0.3 is 15.5 Å². The lowest BCUT2D eigenvalue weighted by Crippen LogP contribution is -2.20. The maximum Gasteiger partial charge on any atom is 0.142 e. The van der Waals surface area contributed by atoms with Crippen LogP contribution in [0.2, 0.25) is 5.02 Å². The van der Waals surface area contributed by atoms with Crippen molar-refractivity contribution in [1.82, 2.24) is 19.7 Å². The summed E-state index contributed by atoms with van der Waals surface area (Å²) in [5.41, 5.74) is 3.76. The van der Waals surface area contributed by atoms with Crippen LogP contribution in [0.4, 0.5) is 15.9 Å². The van der Waals surface area contributed by atoms with Crippen molar-refractivity contribution in [3.8, 4) is 10.4 Å². The average Bonchev–Trinajstić information content (AvgIpc) is 3.31. The zero-order valence-corrected chi connectivity index (χ0v) is 17.2. The zero-order chi connectivity index (χ0) is 20.8. The van der Waals surface area contributed by atoms with E-state index in [1.165, 1.54) is 18.5 Å². The number of hydrogen-bond donors (Lipinski definition) is 3. The SMILES string of the molecule is OC[C@@H](O)Cn1cc2c(n1)CCc1c-2sc2ncnc(Nc3ccc(F)c(Cl)c3)c12. The molecular weight excluding hydrogens is 429 g/mol. The van der Waals surface area contributed by atoms with Gasteiger partial charge >= 0.3 is 0 Å². The lowest BCUT2D eigenvalue weighted by Gasteiger charge is -2.12. The molecule has 3 heterocycles. The Hall–Kier alpha value is -2.59. The summed E-state index contributed by atoms with van der Waals surface area (Å²) in [6.45, 7) is -0.0711. The topological polar surface area (TPSA) is 96.1 Å². The second-order valence-corrected chi connectivity index (χ2v) is 8.52. The molecule has 30 heavy (non-hydrogen) atoms. The van der Waals surface area contributed by atoms with E-state index in [1.807, 2.05) is 6.20 Å². The van der Waals surface area contributed by atoms with Crippen molar-refractivity contribution in [2.45, 2.75) is 25.5 Å². The van der Waals surface area contributed by atoms with Crippen LogP contribution >= 0.6 is 22.9 Å². The third kappa shape index (κ3) is 3.33. The summed E-state index contributed by atoms with van der Waals surface area (Å²) in [5.74, 6) is 0.172. The number of aliphatic hydroxyl groups is 2. The highest BCUT2D eigenvalue weighted by Gasteiger charge is 2.26. The summed E-state index contributed by atoms with van der Waals surface area (Å²) >= 11 is 7.48. The molecule has 0 aliphatic heterocycles. The number of benzene rings is 1. The number of aryl methyl sites for hydroxylation is 2. The number of halogens is 2. The minimum absolute atomic E-state index is 0.0415. The maximum atomic E-state index is 13.5. The number of aliphatic hydroxyl groups excluding tert-OH is 2. The van der Waals surface area contributed by atoms with Gasteiger partial charge in [0.1, 0.15) is 22.8 Å². The third-order valence-electron chi connectivity index (χ3n) is 5.07. The number of nitrogens with zero attached hydrogens (tertiary/aromatic N) is 4. The Balaban J connectivity index is 1.56. The predicted molar refractivity (Wildman–Crippen MR) is 114 cm³/mol. The first-order valence-electron chi connectivity index (χ1n) is 9.37.